The molecule has 25 heavy (non-hydrogen) atoms. The van der Waals surface area contributed by atoms with Gasteiger partial charge >= 0.3 is 0 Å². The van der Waals surface area contributed by atoms with Gasteiger partial charge in [0, 0.05) is 18.7 Å². The molecular formula is C17H30ClN5O2. The van der Waals surface area contributed by atoms with Crippen molar-refractivity contribution in [3.63, 3.8) is 0 Å². The van der Waals surface area contributed by atoms with E-state index < -0.39 is 0 Å². The van der Waals surface area contributed by atoms with E-state index in [0.717, 1.165) is 25.7 Å². The van der Waals surface area contributed by atoms with Crippen LogP contribution in [0.5, 0.6) is 0 Å². The molecule has 3 N–H and O–H groups in total. The number of carbonyl (C=O) groups excluding carboxylic acids is 1. The number of fused-ring (bicyclic) bond motifs is 2. The molecule has 2 saturated heterocycles. The van der Waals surface area contributed by atoms with Crippen LogP contribution in [0.3, 0.4) is 0 Å². The van der Waals surface area contributed by atoms with Crippen molar-refractivity contribution >= 4 is 18.3 Å². The highest BCUT2D eigenvalue weighted by molar-refractivity contribution is 5.85. The van der Waals surface area contributed by atoms with Crippen LogP contribution < -0.4 is 5.73 Å². The van der Waals surface area contributed by atoms with Gasteiger partial charge in [0.1, 0.15) is 18.2 Å². The smallest absolute Gasteiger partial charge is 0.244 e. The van der Waals surface area contributed by atoms with Crippen molar-refractivity contribution in [3.05, 3.63) is 11.6 Å². The molecule has 1 amide bonds. The van der Waals surface area contributed by atoms with Crippen LogP contribution in [0.4, 0.5) is 0 Å². The van der Waals surface area contributed by atoms with E-state index in [4.69, 9.17) is 5.73 Å². The summed E-state index contributed by atoms with van der Waals surface area (Å²) in [6.07, 6.45) is 3.91. The maximum absolute atomic E-state index is 12.9. The fourth-order valence-electron chi connectivity index (χ4n) is 4.19. The van der Waals surface area contributed by atoms with Gasteiger partial charge in [-0.05, 0) is 44.4 Å². The summed E-state index contributed by atoms with van der Waals surface area (Å²) >= 11 is 0. The second-order valence-electron chi connectivity index (χ2n) is 7.65. The Bertz CT molecular complexity index is 592. The Hall–Kier alpha value is -1.18. The zero-order valence-electron chi connectivity index (χ0n) is 15.3. The third-order valence-electron chi connectivity index (χ3n) is 5.48. The Morgan fingerprint density at radius 2 is 1.92 bits per heavy atom. The molecule has 7 nitrogen and oxygen atoms in total. The zero-order valence-corrected chi connectivity index (χ0v) is 16.1. The van der Waals surface area contributed by atoms with Crippen LogP contribution in [0.15, 0.2) is 0 Å². The molecule has 1 aromatic rings. The van der Waals surface area contributed by atoms with Gasteiger partial charge in [-0.25, -0.2) is 9.67 Å². The summed E-state index contributed by atoms with van der Waals surface area (Å²) in [7, 11) is 0. The molecule has 1 unspecified atom stereocenters. The van der Waals surface area contributed by atoms with E-state index in [0.29, 0.717) is 17.6 Å². The van der Waals surface area contributed by atoms with E-state index in [1.54, 1.807) is 4.68 Å². The van der Waals surface area contributed by atoms with Crippen LogP contribution in [0.25, 0.3) is 0 Å². The average molecular weight is 372 g/mol. The number of carbonyl (C=O) groups is 1. The lowest BCUT2D eigenvalue weighted by Crippen LogP contribution is -2.48. The quantitative estimate of drug-likeness (QED) is 0.815. The number of hydrogen-bond acceptors (Lipinski definition) is 5. The zero-order chi connectivity index (χ0) is 17.4. The number of amides is 1. The summed E-state index contributed by atoms with van der Waals surface area (Å²) in [5, 5.41) is 13.8. The molecule has 4 atom stereocenters. The normalized spacial score (nSPS) is 26.6. The first-order valence-electron chi connectivity index (χ1n) is 8.99. The molecule has 8 heteroatoms. The summed E-state index contributed by atoms with van der Waals surface area (Å²) in [6.45, 7) is 6.34. The molecule has 142 valence electrons. The minimum atomic E-state index is -0.226. The third-order valence-corrected chi connectivity index (χ3v) is 5.48. The fraction of sp³-hybridized carbons (Fsp3) is 0.824. The van der Waals surface area contributed by atoms with Gasteiger partial charge in [-0.2, -0.15) is 5.10 Å². The fourth-order valence-corrected chi connectivity index (χ4v) is 4.19. The summed E-state index contributed by atoms with van der Waals surface area (Å²) < 4.78 is 1.68. The van der Waals surface area contributed by atoms with E-state index in [-0.39, 0.29) is 55.5 Å². The van der Waals surface area contributed by atoms with Gasteiger partial charge in [0.05, 0.1) is 6.04 Å². The second-order valence-corrected chi connectivity index (χ2v) is 7.65. The molecular weight excluding hydrogens is 342 g/mol. The molecule has 2 bridgehead atoms. The van der Waals surface area contributed by atoms with Crippen LogP contribution in [0, 0.1) is 18.8 Å². The lowest BCUT2D eigenvalue weighted by atomic mass is 9.91. The number of aliphatic hydroxyl groups is 1. The maximum atomic E-state index is 12.9. The van der Waals surface area contributed by atoms with Gasteiger partial charge in [0.2, 0.25) is 5.91 Å². The van der Waals surface area contributed by atoms with Crippen molar-refractivity contribution in [3.8, 4) is 0 Å². The summed E-state index contributed by atoms with van der Waals surface area (Å²) in [5.74, 6) is 2.01. The number of rotatable bonds is 5. The van der Waals surface area contributed by atoms with Crippen molar-refractivity contribution in [2.45, 2.75) is 71.1 Å². The van der Waals surface area contributed by atoms with Gasteiger partial charge < -0.3 is 15.7 Å². The SMILES string of the molecule is Cc1nc([C@@H](N)C(C)C)n(CC(=O)N2[C@@H]3CC[C@H]2CC(CO)C3)n1.Cl. The summed E-state index contributed by atoms with van der Waals surface area (Å²) in [5.41, 5.74) is 6.23. The van der Waals surface area contributed by atoms with Crippen LogP contribution in [-0.4, -0.2) is 49.4 Å². The van der Waals surface area contributed by atoms with E-state index in [1.165, 1.54) is 0 Å². The van der Waals surface area contributed by atoms with Crippen molar-refractivity contribution in [2.75, 3.05) is 6.61 Å². The first-order chi connectivity index (χ1) is 11.4. The largest absolute Gasteiger partial charge is 0.396 e. The monoisotopic (exact) mass is 371 g/mol. The molecule has 0 radical (unpaired) electrons. The van der Waals surface area contributed by atoms with E-state index in [2.05, 4.69) is 10.1 Å². The minimum Gasteiger partial charge on any atom is -0.396 e. The molecule has 0 saturated carbocycles. The number of nitrogens with two attached hydrogens (primary N) is 1. The molecule has 3 rings (SSSR count). The third kappa shape index (κ3) is 3.99. The van der Waals surface area contributed by atoms with Crippen LogP contribution in [0.2, 0.25) is 0 Å². The Labute approximate surface area is 155 Å². The Morgan fingerprint density at radius 3 is 2.44 bits per heavy atom. The molecule has 1 aromatic heterocycles. The standard InChI is InChI=1S/C17H29N5O2.ClH/c1-10(2)16(18)17-19-11(3)20-21(17)8-15(24)22-13-4-5-14(22)7-12(6-13)9-23;/h10,12-14,16,23H,4-9,18H2,1-3H3;1H/t12?,13-,14+,16-;/m0./s1. The topological polar surface area (TPSA) is 97.3 Å². The van der Waals surface area contributed by atoms with Crippen molar-refractivity contribution in [1.29, 1.82) is 0 Å². The molecule has 0 spiro atoms. The minimum absolute atomic E-state index is 0. The molecule has 0 aliphatic carbocycles. The lowest BCUT2D eigenvalue weighted by molar-refractivity contribution is -0.137. The Morgan fingerprint density at radius 1 is 1.32 bits per heavy atom. The van der Waals surface area contributed by atoms with Crippen molar-refractivity contribution in [1.82, 2.24) is 19.7 Å². The van der Waals surface area contributed by atoms with Gasteiger partial charge in [0.15, 0.2) is 0 Å². The van der Waals surface area contributed by atoms with E-state index in [9.17, 15) is 9.90 Å². The molecule has 2 aliphatic heterocycles. The first-order valence-corrected chi connectivity index (χ1v) is 8.99. The van der Waals surface area contributed by atoms with Crippen LogP contribution >= 0.6 is 12.4 Å². The van der Waals surface area contributed by atoms with Gasteiger partial charge in [-0.1, -0.05) is 13.8 Å². The van der Waals surface area contributed by atoms with Gasteiger partial charge in [0.25, 0.3) is 0 Å². The Kier molecular flexibility index (Phi) is 6.45. The second kappa shape index (κ2) is 8.01. The van der Waals surface area contributed by atoms with Crippen LogP contribution in [0.1, 0.15) is 57.2 Å². The van der Waals surface area contributed by atoms with Crippen LogP contribution in [-0.2, 0) is 11.3 Å². The molecule has 3 heterocycles. The predicted octanol–water partition coefficient (Wildman–Crippen LogP) is 1.43. The molecule has 0 aromatic carbocycles. The lowest BCUT2D eigenvalue weighted by Gasteiger charge is -2.38. The summed E-state index contributed by atoms with van der Waals surface area (Å²) in [6, 6.07) is 0.302. The highest BCUT2D eigenvalue weighted by Crippen LogP contribution is 2.38. The van der Waals surface area contributed by atoms with Gasteiger partial charge in [-0.15, -0.1) is 12.4 Å². The van der Waals surface area contributed by atoms with Crippen molar-refractivity contribution < 1.29 is 9.90 Å². The average Bonchev–Trinajstić information content (AvgIpc) is 3.03. The maximum Gasteiger partial charge on any atom is 0.244 e. The number of piperidine rings is 1. The number of aromatic nitrogens is 3. The first kappa shape index (κ1) is 20.1. The van der Waals surface area contributed by atoms with E-state index >= 15 is 0 Å². The number of halogens is 1. The number of hydrogen-bond donors (Lipinski definition) is 2. The highest BCUT2D eigenvalue weighted by Gasteiger charge is 2.43. The van der Waals surface area contributed by atoms with Gasteiger partial charge in [-0.3, -0.25) is 4.79 Å². The van der Waals surface area contributed by atoms with E-state index in [1.807, 2.05) is 25.7 Å². The Balaban J connectivity index is 0.00000225. The molecule has 2 aliphatic rings. The number of aryl methyl sites for hydroxylation is 1. The number of aliphatic hydroxyl groups excluding tert-OH is 1. The highest BCUT2D eigenvalue weighted by atomic mass is 35.5. The summed E-state index contributed by atoms with van der Waals surface area (Å²) in [4.78, 5) is 19.4. The molecule has 2 fully saturated rings. The number of nitrogens with zero attached hydrogens (tertiary/aromatic N) is 4. The predicted molar refractivity (Wildman–Crippen MR) is 97.2 cm³/mol. The van der Waals surface area contributed by atoms with Crippen molar-refractivity contribution in [2.24, 2.45) is 17.6 Å².